The first-order valence-corrected chi connectivity index (χ1v) is 10.9. The lowest BCUT2D eigenvalue weighted by Crippen LogP contribution is -2.43. The molecule has 7 nitrogen and oxygen atoms in total. The van der Waals surface area contributed by atoms with Gasteiger partial charge in [-0.15, -0.1) is 0 Å². The molecule has 8 heteroatoms. The van der Waals surface area contributed by atoms with Crippen molar-refractivity contribution < 1.29 is 13.2 Å². The molecule has 2 aliphatic rings. The van der Waals surface area contributed by atoms with E-state index in [-0.39, 0.29) is 23.0 Å². The van der Waals surface area contributed by atoms with E-state index in [2.05, 4.69) is 20.9 Å². The van der Waals surface area contributed by atoms with Gasteiger partial charge in [0.15, 0.2) is 5.96 Å². The van der Waals surface area contributed by atoms with E-state index in [1.807, 2.05) is 24.3 Å². The lowest BCUT2D eigenvalue weighted by atomic mass is 9.90. The van der Waals surface area contributed by atoms with Gasteiger partial charge in [-0.25, -0.2) is 8.42 Å². The first-order chi connectivity index (χ1) is 12.3. The topological polar surface area (TPSA) is 99.7 Å². The zero-order valence-corrected chi connectivity index (χ0v) is 16.0. The Bertz CT molecular complexity index is 815. The zero-order valence-electron chi connectivity index (χ0n) is 15.2. The van der Waals surface area contributed by atoms with Crippen molar-refractivity contribution in [1.82, 2.24) is 10.6 Å². The van der Waals surface area contributed by atoms with Crippen LogP contribution in [-0.4, -0.2) is 52.4 Å². The molecule has 3 N–H and O–H groups in total. The number of fused-ring (bicyclic) bond motifs is 1. The molecule has 1 unspecified atom stereocenters. The van der Waals surface area contributed by atoms with Gasteiger partial charge in [0, 0.05) is 49.8 Å². The van der Waals surface area contributed by atoms with E-state index >= 15 is 0 Å². The van der Waals surface area contributed by atoms with Crippen molar-refractivity contribution in [2.24, 2.45) is 10.4 Å². The minimum absolute atomic E-state index is 0.0172. The number of benzene rings is 1. The molecule has 0 spiro atoms. The summed E-state index contributed by atoms with van der Waals surface area (Å²) in [6.45, 7) is 1.17. The van der Waals surface area contributed by atoms with Gasteiger partial charge in [-0.1, -0.05) is 18.2 Å². The van der Waals surface area contributed by atoms with Crippen LogP contribution in [0.2, 0.25) is 0 Å². The highest BCUT2D eigenvalue weighted by molar-refractivity contribution is 7.90. The fraction of sp³-hybridized carbons (Fsp3) is 0.556. The molecule has 3 rings (SSSR count). The standard InChI is InChI=1S/C18H26N4O3S/c1-19-17(21-11-18(7-8-18)12-26(2,24)25)20-10-13-9-16(23)22-15-6-4-3-5-14(13)15/h3-6,13H,7-12H2,1-2H3,(H,22,23)(H2,19,20,21). The molecule has 1 aromatic carbocycles. The third kappa shape index (κ3) is 4.75. The van der Waals surface area contributed by atoms with Gasteiger partial charge >= 0.3 is 0 Å². The second kappa shape index (κ2) is 7.26. The lowest BCUT2D eigenvalue weighted by Gasteiger charge is -2.26. The number of hydrogen-bond donors (Lipinski definition) is 3. The van der Waals surface area contributed by atoms with Crippen LogP contribution in [0.4, 0.5) is 5.69 Å². The van der Waals surface area contributed by atoms with Crippen molar-refractivity contribution in [3.05, 3.63) is 29.8 Å². The zero-order chi connectivity index (χ0) is 18.8. The minimum atomic E-state index is -2.99. The first kappa shape index (κ1) is 18.7. The predicted octanol–water partition coefficient (Wildman–Crippen LogP) is 1.10. The van der Waals surface area contributed by atoms with Crippen LogP contribution in [0.5, 0.6) is 0 Å². The number of amides is 1. The highest BCUT2D eigenvalue weighted by Crippen LogP contribution is 2.46. The molecule has 1 saturated carbocycles. The van der Waals surface area contributed by atoms with Gasteiger partial charge in [0.2, 0.25) is 5.91 Å². The van der Waals surface area contributed by atoms with Gasteiger partial charge in [0.25, 0.3) is 0 Å². The van der Waals surface area contributed by atoms with Gasteiger partial charge in [-0.3, -0.25) is 9.79 Å². The van der Waals surface area contributed by atoms with Crippen molar-refractivity contribution in [3.63, 3.8) is 0 Å². The number of nitrogens with one attached hydrogen (secondary N) is 3. The summed E-state index contributed by atoms with van der Waals surface area (Å²) in [6.07, 6.45) is 3.55. The molecule has 1 fully saturated rings. The SMILES string of the molecule is CN=C(NCC1CC(=O)Nc2ccccc21)NCC1(CS(C)(=O)=O)CC1. The van der Waals surface area contributed by atoms with Crippen LogP contribution in [0.3, 0.4) is 0 Å². The summed E-state index contributed by atoms with van der Waals surface area (Å²) in [6, 6.07) is 7.82. The van der Waals surface area contributed by atoms with E-state index in [9.17, 15) is 13.2 Å². The third-order valence-corrected chi connectivity index (χ3v) is 6.14. The van der Waals surface area contributed by atoms with Crippen LogP contribution in [0.1, 0.15) is 30.7 Å². The summed E-state index contributed by atoms with van der Waals surface area (Å²) in [5.74, 6) is 0.932. The molecule has 1 aliphatic heterocycles. The van der Waals surface area contributed by atoms with E-state index in [1.165, 1.54) is 6.26 Å². The van der Waals surface area contributed by atoms with E-state index in [1.54, 1.807) is 7.05 Å². The Morgan fingerprint density at radius 3 is 2.69 bits per heavy atom. The molecule has 1 aromatic rings. The van der Waals surface area contributed by atoms with Gasteiger partial charge < -0.3 is 16.0 Å². The first-order valence-electron chi connectivity index (χ1n) is 8.81. The van der Waals surface area contributed by atoms with Crippen LogP contribution in [0.25, 0.3) is 0 Å². The Kier molecular flexibility index (Phi) is 5.22. The molecular formula is C18H26N4O3S. The Hall–Kier alpha value is -2.09. The molecule has 1 heterocycles. The number of nitrogens with zero attached hydrogens (tertiary/aromatic N) is 1. The van der Waals surface area contributed by atoms with Crippen LogP contribution in [0.15, 0.2) is 29.3 Å². The lowest BCUT2D eigenvalue weighted by molar-refractivity contribution is -0.116. The van der Waals surface area contributed by atoms with Crippen molar-refractivity contribution >= 4 is 27.4 Å². The van der Waals surface area contributed by atoms with Gasteiger partial charge in [0.05, 0.1) is 5.75 Å². The molecule has 1 aliphatic carbocycles. The van der Waals surface area contributed by atoms with E-state index in [4.69, 9.17) is 0 Å². The maximum absolute atomic E-state index is 11.9. The number of hydrogen-bond acceptors (Lipinski definition) is 4. The molecule has 1 amide bonds. The Morgan fingerprint density at radius 1 is 1.31 bits per heavy atom. The number of carbonyl (C=O) groups is 1. The summed E-state index contributed by atoms with van der Waals surface area (Å²) in [5.41, 5.74) is 1.82. The van der Waals surface area contributed by atoms with E-state index in [0.29, 0.717) is 25.5 Å². The molecule has 0 saturated heterocycles. The predicted molar refractivity (Wildman–Crippen MR) is 103 cm³/mol. The number of aliphatic imine (C=N–C) groups is 1. The van der Waals surface area contributed by atoms with Crippen molar-refractivity contribution in [2.45, 2.75) is 25.2 Å². The molecule has 142 valence electrons. The Balaban J connectivity index is 1.56. The number of carbonyl (C=O) groups excluding carboxylic acids is 1. The second-order valence-corrected chi connectivity index (χ2v) is 9.55. The second-order valence-electron chi connectivity index (χ2n) is 7.41. The number of guanidine groups is 1. The number of sulfone groups is 1. The fourth-order valence-electron chi connectivity index (χ4n) is 3.50. The molecule has 0 bridgehead atoms. The van der Waals surface area contributed by atoms with Crippen molar-refractivity contribution in [1.29, 1.82) is 0 Å². The average Bonchev–Trinajstić information content (AvgIpc) is 3.32. The number of rotatable bonds is 6. The quantitative estimate of drug-likeness (QED) is 0.509. The van der Waals surface area contributed by atoms with Gasteiger partial charge in [-0.2, -0.15) is 0 Å². The smallest absolute Gasteiger partial charge is 0.225 e. The highest BCUT2D eigenvalue weighted by atomic mass is 32.2. The Morgan fingerprint density at radius 2 is 2.04 bits per heavy atom. The third-order valence-electron chi connectivity index (χ3n) is 5.00. The summed E-state index contributed by atoms with van der Waals surface area (Å²) in [4.78, 5) is 16.1. The largest absolute Gasteiger partial charge is 0.356 e. The maximum atomic E-state index is 11.9. The average molecular weight is 378 g/mol. The van der Waals surface area contributed by atoms with Crippen LogP contribution < -0.4 is 16.0 Å². The molecular weight excluding hydrogens is 352 g/mol. The summed E-state index contributed by atoms with van der Waals surface area (Å²) < 4.78 is 23.1. The summed E-state index contributed by atoms with van der Waals surface area (Å²) in [7, 11) is -1.30. The fourth-order valence-corrected chi connectivity index (χ4v) is 5.00. The van der Waals surface area contributed by atoms with Crippen LogP contribution in [0, 0.1) is 5.41 Å². The highest BCUT2D eigenvalue weighted by Gasteiger charge is 2.45. The van der Waals surface area contributed by atoms with E-state index in [0.717, 1.165) is 24.1 Å². The molecule has 0 aromatic heterocycles. The van der Waals surface area contributed by atoms with Crippen molar-refractivity contribution in [3.8, 4) is 0 Å². The number of anilines is 1. The minimum Gasteiger partial charge on any atom is -0.356 e. The molecule has 26 heavy (non-hydrogen) atoms. The van der Waals surface area contributed by atoms with Crippen molar-refractivity contribution in [2.75, 3.05) is 37.5 Å². The normalized spacial score (nSPS) is 21.5. The number of para-hydroxylation sites is 1. The summed E-state index contributed by atoms with van der Waals surface area (Å²) >= 11 is 0. The molecule has 0 radical (unpaired) electrons. The van der Waals surface area contributed by atoms with Crippen LogP contribution in [-0.2, 0) is 14.6 Å². The molecule has 1 atom stereocenters. The monoisotopic (exact) mass is 378 g/mol. The van der Waals surface area contributed by atoms with Gasteiger partial charge in [0.1, 0.15) is 9.84 Å². The van der Waals surface area contributed by atoms with Crippen LogP contribution >= 0.6 is 0 Å². The van der Waals surface area contributed by atoms with E-state index < -0.39 is 9.84 Å². The van der Waals surface area contributed by atoms with Gasteiger partial charge in [-0.05, 0) is 24.5 Å². The maximum Gasteiger partial charge on any atom is 0.225 e. The summed E-state index contributed by atoms with van der Waals surface area (Å²) in [5, 5.41) is 9.41. The Labute approximate surface area is 154 Å².